The number of benzene rings is 2. The van der Waals surface area contributed by atoms with Gasteiger partial charge in [-0.1, -0.05) is 35.6 Å². The first-order valence-corrected chi connectivity index (χ1v) is 10.2. The number of para-hydroxylation sites is 2. The third kappa shape index (κ3) is 3.80. The fraction of sp³-hybridized carbons (Fsp3) is 0.143. The maximum Gasteiger partial charge on any atom is 0.291 e. The number of fused-ring (bicyclic) bond motifs is 2. The summed E-state index contributed by atoms with van der Waals surface area (Å²) in [6.07, 6.45) is 1.26. The van der Waals surface area contributed by atoms with Gasteiger partial charge in [-0.3, -0.25) is 9.59 Å². The third-order valence-electron chi connectivity index (χ3n) is 4.55. The number of carbonyl (C=O) groups excluding carboxylic acids is 1. The van der Waals surface area contributed by atoms with Gasteiger partial charge < -0.3 is 19.9 Å². The number of hydrogen-bond donors (Lipinski definition) is 1. The van der Waals surface area contributed by atoms with Crippen LogP contribution >= 0.6 is 11.3 Å². The number of aromatic nitrogens is 3. The molecular formula is C21H16N4O5S. The van der Waals surface area contributed by atoms with Gasteiger partial charge in [-0.05, 0) is 35.9 Å². The Balaban J connectivity index is 1.39. The monoisotopic (exact) mass is 436 g/mol. The topological polar surface area (TPSA) is 118 Å². The predicted molar refractivity (Wildman–Crippen MR) is 112 cm³/mol. The highest BCUT2D eigenvalue weighted by atomic mass is 32.1. The Morgan fingerprint density at radius 2 is 2.00 bits per heavy atom. The Labute approximate surface area is 179 Å². The van der Waals surface area contributed by atoms with Crippen LogP contribution in [-0.2, 0) is 4.79 Å². The fourth-order valence-electron chi connectivity index (χ4n) is 3.10. The summed E-state index contributed by atoms with van der Waals surface area (Å²) < 4.78 is 18.6. The maximum absolute atomic E-state index is 12.8. The Morgan fingerprint density at radius 1 is 1.23 bits per heavy atom. The van der Waals surface area contributed by atoms with E-state index in [1.54, 1.807) is 30.3 Å². The normalized spacial score (nSPS) is 15.9. The molecule has 1 amide bonds. The second-order valence-electron chi connectivity index (χ2n) is 6.77. The molecule has 3 heterocycles. The van der Waals surface area contributed by atoms with Gasteiger partial charge in [0, 0.05) is 0 Å². The van der Waals surface area contributed by atoms with Crippen molar-refractivity contribution < 1.29 is 19.0 Å². The third-order valence-corrected chi connectivity index (χ3v) is 5.51. The molecule has 0 radical (unpaired) electrons. The lowest BCUT2D eigenvalue weighted by molar-refractivity contribution is -0.119. The minimum atomic E-state index is -0.546. The van der Waals surface area contributed by atoms with E-state index in [9.17, 15) is 9.59 Å². The summed E-state index contributed by atoms with van der Waals surface area (Å²) in [5.41, 5.74) is 5.60. The van der Waals surface area contributed by atoms with Gasteiger partial charge in [-0.2, -0.15) is 9.50 Å². The average molecular weight is 436 g/mol. The lowest BCUT2D eigenvalue weighted by Gasteiger charge is -2.24. The quantitative estimate of drug-likeness (QED) is 0.497. The van der Waals surface area contributed by atoms with Crippen molar-refractivity contribution in [3.8, 4) is 17.2 Å². The number of primary amides is 1. The standard InChI is InChI=1S/C21H16N4O5S/c22-18(26)11-28-13-7-5-12(6-8-13)9-17-20(27)25-21(31-17)23-19(24-25)16-10-29-14-3-1-2-4-15(14)30-16/h1-9,16H,10-11H2,(H2,22,26). The highest BCUT2D eigenvalue weighted by Crippen LogP contribution is 2.35. The SMILES string of the molecule is NC(=O)COc1ccc(C=c2sc3nc(C4COc5ccccc5O4)nn3c2=O)cc1. The van der Waals surface area contributed by atoms with Crippen LogP contribution < -0.4 is 30.0 Å². The van der Waals surface area contributed by atoms with Crippen LogP contribution in [0.25, 0.3) is 11.0 Å². The molecule has 2 N–H and O–H groups in total. The summed E-state index contributed by atoms with van der Waals surface area (Å²) in [4.78, 5) is 28.5. The molecule has 0 bridgehead atoms. The molecule has 1 aliphatic rings. The molecule has 0 saturated carbocycles. The molecule has 9 nitrogen and oxygen atoms in total. The van der Waals surface area contributed by atoms with Crippen molar-refractivity contribution in [2.75, 3.05) is 13.2 Å². The number of ether oxygens (including phenoxy) is 3. The van der Waals surface area contributed by atoms with Crippen molar-refractivity contribution in [1.29, 1.82) is 0 Å². The number of carbonyl (C=O) groups is 1. The van der Waals surface area contributed by atoms with Crippen molar-refractivity contribution in [2.45, 2.75) is 6.10 Å². The second-order valence-corrected chi connectivity index (χ2v) is 7.78. The number of hydrogen-bond acceptors (Lipinski definition) is 8. The summed E-state index contributed by atoms with van der Waals surface area (Å²) >= 11 is 1.24. The first-order chi connectivity index (χ1) is 15.1. The second kappa shape index (κ2) is 7.73. The summed E-state index contributed by atoms with van der Waals surface area (Å²) in [5.74, 6) is 1.67. The first kappa shape index (κ1) is 19.1. The van der Waals surface area contributed by atoms with Gasteiger partial charge in [0.05, 0.1) is 4.53 Å². The Bertz CT molecular complexity index is 1380. The van der Waals surface area contributed by atoms with Crippen LogP contribution in [0.1, 0.15) is 17.5 Å². The zero-order valence-corrected chi connectivity index (χ0v) is 16.9. The molecule has 156 valence electrons. The van der Waals surface area contributed by atoms with Gasteiger partial charge in [0.25, 0.3) is 11.5 Å². The van der Waals surface area contributed by atoms with E-state index >= 15 is 0 Å². The average Bonchev–Trinajstić information content (AvgIpc) is 3.32. The lowest BCUT2D eigenvalue weighted by Crippen LogP contribution is -2.26. The van der Waals surface area contributed by atoms with E-state index in [-0.39, 0.29) is 18.8 Å². The summed E-state index contributed by atoms with van der Waals surface area (Å²) in [6.45, 7) is 0.0808. The molecule has 1 aliphatic heterocycles. The van der Waals surface area contributed by atoms with Crippen LogP contribution in [0, 0.1) is 0 Å². The van der Waals surface area contributed by atoms with E-state index in [2.05, 4.69) is 10.1 Å². The Morgan fingerprint density at radius 3 is 2.74 bits per heavy atom. The molecule has 2 aromatic heterocycles. The van der Waals surface area contributed by atoms with Crippen LogP contribution in [0.2, 0.25) is 0 Å². The summed E-state index contributed by atoms with van der Waals surface area (Å²) in [6, 6.07) is 14.3. The van der Waals surface area contributed by atoms with E-state index in [0.29, 0.717) is 32.6 Å². The molecular weight excluding hydrogens is 420 g/mol. The van der Waals surface area contributed by atoms with Gasteiger partial charge in [0.15, 0.2) is 30.0 Å². The zero-order valence-electron chi connectivity index (χ0n) is 16.1. The van der Waals surface area contributed by atoms with Crippen LogP contribution in [-0.4, -0.2) is 33.7 Å². The Kier molecular flexibility index (Phi) is 4.75. The fourth-order valence-corrected chi connectivity index (χ4v) is 4.01. The van der Waals surface area contributed by atoms with Crippen molar-refractivity contribution in [1.82, 2.24) is 14.6 Å². The van der Waals surface area contributed by atoms with Gasteiger partial charge in [-0.25, -0.2) is 0 Å². The van der Waals surface area contributed by atoms with E-state index in [4.69, 9.17) is 19.9 Å². The molecule has 1 unspecified atom stereocenters. The van der Waals surface area contributed by atoms with E-state index in [1.165, 1.54) is 15.9 Å². The minimum Gasteiger partial charge on any atom is -0.485 e. The van der Waals surface area contributed by atoms with Crippen molar-refractivity contribution in [3.63, 3.8) is 0 Å². The van der Waals surface area contributed by atoms with Crippen LogP contribution in [0.4, 0.5) is 0 Å². The first-order valence-electron chi connectivity index (χ1n) is 9.38. The smallest absolute Gasteiger partial charge is 0.291 e. The molecule has 0 spiro atoms. The van der Waals surface area contributed by atoms with E-state index < -0.39 is 12.0 Å². The molecule has 0 saturated heterocycles. The highest BCUT2D eigenvalue weighted by molar-refractivity contribution is 7.15. The lowest BCUT2D eigenvalue weighted by atomic mass is 10.2. The largest absolute Gasteiger partial charge is 0.485 e. The number of amides is 1. The maximum atomic E-state index is 12.8. The molecule has 1 atom stereocenters. The molecule has 2 aromatic carbocycles. The molecule has 4 aromatic rings. The zero-order chi connectivity index (χ0) is 21.4. The summed E-state index contributed by atoms with van der Waals surface area (Å²) in [5, 5.41) is 4.34. The number of thiazole rings is 1. The molecule has 10 heteroatoms. The minimum absolute atomic E-state index is 0.189. The Hall–Kier alpha value is -3.92. The highest BCUT2D eigenvalue weighted by Gasteiger charge is 2.27. The molecule has 5 rings (SSSR count). The number of nitrogens with two attached hydrogens (primary N) is 1. The van der Waals surface area contributed by atoms with Crippen molar-refractivity contribution in [2.24, 2.45) is 5.73 Å². The summed E-state index contributed by atoms with van der Waals surface area (Å²) in [7, 11) is 0. The number of rotatable bonds is 5. The van der Waals surface area contributed by atoms with Gasteiger partial charge >= 0.3 is 0 Å². The van der Waals surface area contributed by atoms with Crippen LogP contribution in [0.3, 0.4) is 0 Å². The van der Waals surface area contributed by atoms with Crippen molar-refractivity contribution in [3.05, 3.63) is 74.8 Å². The van der Waals surface area contributed by atoms with Crippen LogP contribution in [0.5, 0.6) is 17.2 Å². The van der Waals surface area contributed by atoms with Gasteiger partial charge in [-0.15, -0.1) is 5.10 Å². The molecule has 0 aliphatic carbocycles. The van der Waals surface area contributed by atoms with Crippen LogP contribution in [0.15, 0.2) is 53.3 Å². The predicted octanol–water partition coefficient (Wildman–Crippen LogP) is 1.08. The van der Waals surface area contributed by atoms with E-state index in [1.807, 2.05) is 24.3 Å². The number of nitrogens with zero attached hydrogens (tertiary/aromatic N) is 3. The van der Waals surface area contributed by atoms with E-state index in [0.717, 1.165) is 5.56 Å². The molecule has 31 heavy (non-hydrogen) atoms. The van der Waals surface area contributed by atoms with Gasteiger partial charge in [0.1, 0.15) is 12.4 Å². The van der Waals surface area contributed by atoms with Crippen molar-refractivity contribution >= 4 is 28.3 Å². The molecule has 0 fully saturated rings. The van der Waals surface area contributed by atoms with Gasteiger partial charge in [0.2, 0.25) is 4.96 Å².